The molecule has 1 unspecified atom stereocenters. The van der Waals surface area contributed by atoms with Crippen molar-refractivity contribution >= 4 is 0 Å². The molecule has 4 nitrogen and oxygen atoms in total. The number of hydrogen-bond donors (Lipinski definition) is 2. The van der Waals surface area contributed by atoms with E-state index in [4.69, 9.17) is 10.8 Å². The van der Waals surface area contributed by atoms with Crippen molar-refractivity contribution in [3.05, 3.63) is 17.7 Å². The van der Waals surface area contributed by atoms with Gasteiger partial charge in [-0.05, 0) is 6.42 Å². The van der Waals surface area contributed by atoms with E-state index in [2.05, 4.69) is 9.55 Å². The first kappa shape index (κ1) is 8.72. The third-order valence-electron chi connectivity index (χ3n) is 2.46. The summed E-state index contributed by atoms with van der Waals surface area (Å²) in [7, 11) is 0. The van der Waals surface area contributed by atoms with Gasteiger partial charge in [0.1, 0.15) is 5.82 Å². The highest BCUT2D eigenvalue weighted by Crippen LogP contribution is 2.14. The maximum absolute atomic E-state index is 8.76. The van der Waals surface area contributed by atoms with Gasteiger partial charge in [-0.25, -0.2) is 4.98 Å². The van der Waals surface area contributed by atoms with Crippen molar-refractivity contribution in [2.75, 3.05) is 6.61 Å². The Kier molecular flexibility index (Phi) is 2.33. The molecule has 1 atom stereocenters. The molecule has 2 heterocycles. The van der Waals surface area contributed by atoms with E-state index in [1.54, 1.807) is 0 Å². The molecule has 0 bridgehead atoms. The summed E-state index contributed by atoms with van der Waals surface area (Å²) in [4.78, 5) is 4.41. The zero-order valence-electron chi connectivity index (χ0n) is 7.61. The maximum Gasteiger partial charge on any atom is 0.110 e. The molecule has 0 aliphatic carbocycles. The van der Waals surface area contributed by atoms with Crippen LogP contribution in [0.1, 0.15) is 17.9 Å². The lowest BCUT2D eigenvalue weighted by atomic mass is 10.1. The van der Waals surface area contributed by atoms with E-state index in [1.807, 2.05) is 6.20 Å². The summed E-state index contributed by atoms with van der Waals surface area (Å²) < 4.78 is 2.15. The summed E-state index contributed by atoms with van der Waals surface area (Å²) in [5, 5.41) is 8.76. The monoisotopic (exact) mass is 181 g/mol. The van der Waals surface area contributed by atoms with Crippen LogP contribution < -0.4 is 5.73 Å². The van der Waals surface area contributed by atoms with Gasteiger partial charge in [-0.1, -0.05) is 0 Å². The summed E-state index contributed by atoms with van der Waals surface area (Å²) in [6, 6.07) is 0.261. The highest BCUT2D eigenvalue weighted by Gasteiger charge is 2.17. The molecule has 4 heteroatoms. The fraction of sp³-hybridized carbons (Fsp3) is 0.667. The van der Waals surface area contributed by atoms with E-state index in [1.165, 1.54) is 0 Å². The Labute approximate surface area is 77.4 Å². The van der Waals surface area contributed by atoms with Gasteiger partial charge in [-0.3, -0.25) is 0 Å². The average molecular weight is 181 g/mol. The van der Waals surface area contributed by atoms with Gasteiger partial charge in [0.2, 0.25) is 0 Å². The SMILES string of the molecule is NC1CCn2cc(CCO)nc2C1. The Morgan fingerprint density at radius 1 is 1.69 bits per heavy atom. The van der Waals surface area contributed by atoms with Gasteiger partial charge >= 0.3 is 0 Å². The molecule has 0 aromatic carbocycles. The minimum absolute atomic E-state index is 0.169. The first-order chi connectivity index (χ1) is 6.29. The number of imidazole rings is 1. The van der Waals surface area contributed by atoms with Crippen LogP contribution in [0.4, 0.5) is 0 Å². The summed E-state index contributed by atoms with van der Waals surface area (Å²) >= 11 is 0. The lowest BCUT2D eigenvalue weighted by molar-refractivity contribution is 0.298. The summed E-state index contributed by atoms with van der Waals surface area (Å²) in [6.45, 7) is 1.14. The van der Waals surface area contributed by atoms with Crippen LogP contribution in [0.25, 0.3) is 0 Å². The molecular weight excluding hydrogens is 166 g/mol. The average Bonchev–Trinajstić information content (AvgIpc) is 2.46. The zero-order valence-corrected chi connectivity index (χ0v) is 7.61. The Morgan fingerprint density at radius 3 is 3.31 bits per heavy atom. The van der Waals surface area contributed by atoms with Crippen molar-refractivity contribution in [2.45, 2.75) is 31.8 Å². The molecule has 0 saturated heterocycles. The number of aromatic nitrogens is 2. The predicted octanol–water partition coefficient (Wildman–Crippen LogP) is -0.309. The molecule has 1 aliphatic rings. The van der Waals surface area contributed by atoms with Crippen molar-refractivity contribution in [2.24, 2.45) is 5.73 Å². The minimum atomic E-state index is 0.169. The number of aryl methyl sites for hydroxylation is 1. The molecule has 1 aliphatic heterocycles. The second-order valence-corrected chi connectivity index (χ2v) is 3.57. The van der Waals surface area contributed by atoms with Crippen LogP contribution in [0.5, 0.6) is 0 Å². The summed E-state index contributed by atoms with van der Waals surface area (Å²) in [6.07, 6.45) is 4.57. The van der Waals surface area contributed by atoms with Crippen molar-refractivity contribution in [3.63, 3.8) is 0 Å². The third kappa shape index (κ3) is 1.73. The summed E-state index contributed by atoms with van der Waals surface area (Å²) in [5.41, 5.74) is 6.81. The molecule has 3 N–H and O–H groups in total. The van der Waals surface area contributed by atoms with E-state index in [0.29, 0.717) is 6.42 Å². The number of aliphatic hydroxyl groups excluding tert-OH is 1. The van der Waals surface area contributed by atoms with Crippen LogP contribution in [0.2, 0.25) is 0 Å². The molecule has 0 amide bonds. The largest absolute Gasteiger partial charge is 0.396 e. The molecule has 0 spiro atoms. The van der Waals surface area contributed by atoms with Crippen LogP contribution >= 0.6 is 0 Å². The van der Waals surface area contributed by atoms with Crippen LogP contribution in [0.15, 0.2) is 6.20 Å². The second kappa shape index (κ2) is 3.47. The second-order valence-electron chi connectivity index (χ2n) is 3.57. The van der Waals surface area contributed by atoms with Crippen LogP contribution in [-0.4, -0.2) is 27.3 Å². The fourth-order valence-corrected chi connectivity index (χ4v) is 1.75. The first-order valence-corrected chi connectivity index (χ1v) is 4.71. The van der Waals surface area contributed by atoms with Crippen LogP contribution in [-0.2, 0) is 19.4 Å². The standard InChI is InChI=1S/C9H15N3O/c10-7-1-3-12-6-8(2-4-13)11-9(12)5-7/h6-7,13H,1-5,10H2. The molecule has 1 aromatic heterocycles. The van der Waals surface area contributed by atoms with E-state index >= 15 is 0 Å². The van der Waals surface area contributed by atoms with Gasteiger partial charge in [0, 0.05) is 38.2 Å². The highest BCUT2D eigenvalue weighted by atomic mass is 16.3. The van der Waals surface area contributed by atoms with Gasteiger partial charge in [0.05, 0.1) is 5.69 Å². The van der Waals surface area contributed by atoms with E-state index in [9.17, 15) is 0 Å². The molecule has 0 radical (unpaired) electrons. The quantitative estimate of drug-likeness (QED) is 0.658. The van der Waals surface area contributed by atoms with E-state index in [0.717, 1.165) is 30.9 Å². The van der Waals surface area contributed by atoms with Gasteiger partial charge in [-0.2, -0.15) is 0 Å². The number of nitrogens with two attached hydrogens (primary N) is 1. The van der Waals surface area contributed by atoms with E-state index < -0.39 is 0 Å². The number of fused-ring (bicyclic) bond motifs is 1. The number of aliphatic hydroxyl groups is 1. The predicted molar refractivity (Wildman–Crippen MR) is 49.3 cm³/mol. The van der Waals surface area contributed by atoms with Gasteiger partial charge in [0.25, 0.3) is 0 Å². The number of rotatable bonds is 2. The molecule has 2 rings (SSSR count). The molecule has 72 valence electrons. The fourth-order valence-electron chi connectivity index (χ4n) is 1.75. The first-order valence-electron chi connectivity index (χ1n) is 4.71. The molecule has 0 saturated carbocycles. The Hall–Kier alpha value is -0.870. The molecule has 0 fully saturated rings. The molecule has 13 heavy (non-hydrogen) atoms. The minimum Gasteiger partial charge on any atom is -0.396 e. The van der Waals surface area contributed by atoms with Crippen molar-refractivity contribution in [3.8, 4) is 0 Å². The Balaban J connectivity index is 2.18. The van der Waals surface area contributed by atoms with E-state index in [-0.39, 0.29) is 12.6 Å². The third-order valence-corrected chi connectivity index (χ3v) is 2.46. The van der Waals surface area contributed by atoms with Gasteiger partial charge in [0.15, 0.2) is 0 Å². The molecule has 1 aromatic rings. The Morgan fingerprint density at radius 2 is 2.54 bits per heavy atom. The van der Waals surface area contributed by atoms with Crippen LogP contribution in [0, 0.1) is 0 Å². The highest BCUT2D eigenvalue weighted by molar-refractivity contribution is 5.07. The lowest BCUT2D eigenvalue weighted by Gasteiger charge is -2.18. The normalized spacial score (nSPS) is 21.5. The van der Waals surface area contributed by atoms with Gasteiger partial charge in [-0.15, -0.1) is 0 Å². The van der Waals surface area contributed by atoms with Crippen LogP contribution in [0.3, 0.4) is 0 Å². The summed E-state index contributed by atoms with van der Waals surface area (Å²) in [5.74, 6) is 1.07. The smallest absolute Gasteiger partial charge is 0.110 e. The number of hydrogen-bond acceptors (Lipinski definition) is 3. The Bertz CT molecular complexity index is 295. The maximum atomic E-state index is 8.76. The van der Waals surface area contributed by atoms with Gasteiger partial charge < -0.3 is 15.4 Å². The zero-order chi connectivity index (χ0) is 9.26. The number of nitrogens with zero attached hydrogens (tertiary/aromatic N) is 2. The van der Waals surface area contributed by atoms with Crippen molar-refractivity contribution in [1.29, 1.82) is 0 Å². The van der Waals surface area contributed by atoms with Crippen molar-refractivity contribution < 1.29 is 5.11 Å². The molecular formula is C9H15N3O. The topological polar surface area (TPSA) is 64.1 Å². The van der Waals surface area contributed by atoms with Crippen molar-refractivity contribution in [1.82, 2.24) is 9.55 Å². The lowest BCUT2D eigenvalue weighted by Crippen LogP contribution is -2.30.